The zero-order chi connectivity index (χ0) is 10.7. The summed E-state index contributed by atoms with van der Waals surface area (Å²) in [6, 6.07) is 5.93. The molecule has 0 bridgehead atoms. The van der Waals surface area contributed by atoms with E-state index in [1.165, 1.54) is 9.71 Å². The Labute approximate surface area is 97.7 Å². The molecule has 0 unspecified atom stereocenters. The minimum atomic E-state index is 0.825. The SMILES string of the molecule is CCCc1nc2cc(N=C=S)ccc2s1. The molecular formula is C11H10N2S2. The van der Waals surface area contributed by atoms with E-state index in [4.69, 9.17) is 0 Å². The van der Waals surface area contributed by atoms with Gasteiger partial charge in [-0.15, -0.1) is 11.3 Å². The molecule has 0 radical (unpaired) electrons. The molecule has 76 valence electrons. The molecule has 0 saturated carbocycles. The summed E-state index contributed by atoms with van der Waals surface area (Å²) < 4.78 is 1.21. The first kappa shape index (κ1) is 10.4. The second kappa shape index (κ2) is 4.62. The molecule has 0 saturated heterocycles. The molecule has 0 aliphatic heterocycles. The monoisotopic (exact) mass is 234 g/mol. The summed E-state index contributed by atoms with van der Waals surface area (Å²) in [6.07, 6.45) is 2.18. The third-order valence-corrected chi connectivity index (χ3v) is 3.24. The van der Waals surface area contributed by atoms with E-state index in [9.17, 15) is 0 Å². The van der Waals surface area contributed by atoms with Crippen LogP contribution >= 0.6 is 23.6 Å². The maximum Gasteiger partial charge on any atom is 0.0938 e. The van der Waals surface area contributed by atoms with Crippen molar-refractivity contribution < 1.29 is 0 Å². The van der Waals surface area contributed by atoms with Crippen LogP contribution in [0.25, 0.3) is 10.2 Å². The fourth-order valence-electron chi connectivity index (χ4n) is 1.41. The lowest BCUT2D eigenvalue weighted by molar-refractivity contribution is 0.913. The Balaban J connectivity index is 2.47. The molecule has 0 aliphatic rings. The van der Waals surface area contributed by atoms with Gasteiger partial charge in [-0.05, 0) is 43.3 Å². The van der Waals surface area contributed by atoms with Crippen molar-refractivity contribution in [1.29, 1.82) is 0 Å². The number of hydrogen-bond donors (Lipinski definition) is 0. The Morgan fingerprint density at radius 2 is 2.40 bits per heavy atom. The van der Waals surface area contributed by atoms with E-state index in [-0.39, 0.29) is 0 Å². The maximum atomic E-state index is 4.57. The summed E-state index contributed by atoms with van der Waals surface area (Å²) in [5.74, 6) is 0. The van der Waals surface area contributed by atoms with Crippen molar-refractivity contribution in [2.24, 2.45) is 4.99 Å². The molecule has 2 aromatic rings. The third-order valence-electron chi connectivity index (χ3n) is 2.05. The molecule has 0 fully saturated rings. The Hall–Kier alpha value is -1.09. The Morgan fingerprint density at radius 3 is 3.13 bits per heavy atom. The average Bonchev–Trinajstić information content (AvgIpc) is 2.60. The number of isothiocyanates is 1. The minimum Gasteiger partial charge on any atom is -0.241 e. The molecule has 4 heteroatoms. The average molecular weight is 234 g/mol. The van der Waals surface area contributed by atoms with Gasteiger partial charge in [-0.25, -0.2) is 4.98 Å². The second-order valence-corrected chi connectivity index (χ2v) is 4.51. The van der Waals surface area contributed by atoms with E-state index in [0.717, 1.165) is 24.0 Å². The van der Waals surface area contributed by atoms with Crippen LogP contribution in [0.1, 0.15) is 18.4 Å². The highest BCUT2D eigenvalue weighted by molar-refractivity contribution is 7.78. The molecule has 0 aliphatic carbocycles. The van der Waals surface area contributed by atoms with Crippen LogP contribution in [0.15, 0.2) is 23.2 Å². The second-order valence-electron chi connectivity index (χ2n) is 3.21. The smallest absolute Gasteiger partial charge is 0.0938 e. The van der Waals surface area contributed by atoms with Gasteiger partial charge in [0.2, 0.25) is 0 Å². The van der Waals surface area contributed by atoms with Gasteiger partial charge in [0.15, 0.2) is 0 Å². The number of nitrogens with zero attached hydrogens (tertiary/aromatic N) is 2. The number of fused-ring (bicyclic) bond motifs is 1. The van der Waals surface area contributed by atoms with Gasteiger partial charge >= 0.3 is 0 Å². The Morgan fingerprint density at radius 1 is 1.53 bits per heavy atom. The first-order chi connectivity index (χ1) is 7.33. The van der Waals surface area contributed by atoms with E-state index in [1.54, 1.807) is 11.3 Å². The molecule has 0 atom stereocenters. The van der Waals surface area contributed by atoms with E-state index < -0.39 is 0 Å². The number of aryl methyl sites for hydroxylation is 1. The molecule has 0 amide bonds. The summed E-state index contributed by atoms with van der Waals surface area (Å²) in [5.41, 5.74) is 1.83. The van der Waals surface area contributed by atoms with Crippen LogP contribution in [0.4, 0.5) is 5.69 Å². The normalized spacial score (nSPS) is 10.2. The number of benzene rings is 1. The summed E-state index contributed by atoms with van der Waals surface area (Å²) in [4.78, 5) is 8.48. The van der Waals surface area contributed by atoms with Crippen LogP contribution < -0.4 is 0 Å². The zero-order valence-corrected chi connectivity index (χ0v) is 9.99. The number of aromatic nitrogens is 1. The fraction of sp³-hybridized carbons (Fsp3) is 0.273. The third kappa shape index (κ3) is 2.29. The first-order valence-corrected chi connectivity index (χ1v) is 6.03. The van der Waals surface area contributed by atoms with Crippen molar-refractivity contribution in [3.63, 3.8) is 0 Å². The van der Waals surface area contributed by atoms with Gasteiger partial charge in [0, 0.05) is 0 Å². The van der Waals surface area contributed by atoms with Crippen LogP contribution in [-0.4, -0.2) is 10.1 Å². The molecule has 2 rings (SSSR count). The van der Waals surface area contributed by atoms with E-state index >= 15 is 0 Å². The number of rotatable bonds is 3. The quantitative estimate of drug-likeness (QED) is 0.593. The molecule has 2 nitrogen and oxygen atoms in total. The van der Waals surface area contributed by atoms with Crippen molar-refractivity contribution >= 4 is 44.6 Å². The molecule has 1 aromatic carbocycles. The van der Waals surface area contributed by atoms with Crippen molar-refractivity contribution in [3.8, 4) is 0 Å². The van der Waals surface area contributed by atoms with Gasteiger partial charge in [-0.1, -0.05) is 6.92 Å². The summed E-state index contributed by atoms with van der Waals surface area (Å²) >= 11 is 6.32. The number of hydrogen-bond acceptors (Lipinski definition) is 4. The number of thiocarbonyl (C=S) groups is 1. The molecule has 0 spiro atoms. The molecular weight excluding hydrogens is 224 g/mol. The highest BCUT2D eigenvalue weighted by Gasteiger charge is 2.03. The van der Waals surface area contributed by atoms with Crippen molar-refractivity contribution in [3.05, 3.63) is 23.2 Å². The van der Waals surface area contributed by atoms with Gasteiger partial charge < -0.3 is 0 Å². The molecule has 1 heterocycles. The standard InChI is InChI=1S/C11H10N2S2/c1-2-3-11-13-9-6-8(12-7-14)4-5-10(9)15-11/h4-6H,2-3H2,1H3. The minimum absolute atomic E-state index is 0.825. The van der Waals surface area contributed by atoms with E-state index in [1.807, 2.05) is 18.2 Å². The van der Waals surface area contributed by atoms with E-state index in [2.05, 4.69) is 34.3 Å². The Bertz CT molecular complexity index is 524. The fourth-order valence-corrected chi connectivity index (χ4v) is 2.56. The molecule has 15 heavy (non-hydrogen) atoms. The lowest BCUT2D eigenvalue weighted by Gasteiger charge is -1.89. The summed E-state index contributed by atoms with van der Waals surface area (Å²) in [7, 11) is 0. The van der Waals surface area contributed by atoms with Crippen molar-refractivity contribution in [1.82, 2.24) is 4.98 Å². The van der Waals surface area contributed by atoms with E-state index in [0.29, 0.717) is 0 Å². The first-order valence-electron chi connectivity index (χ1n) is 4.81. The van der Waals surface area contributed by atoms with Gasteiger partial charge in [0.1, 0.15) is 0 Å². The van der Waals surface area contributed by atoms with Gasteiger partial charge in [-0.2, -0.15) is 4.99 Å². The predicted molar refractivity (Wildman–Crippen MR) is 68.3 cm³/mol. The van der Waals surface area contributed by atoms with Crippen LogP contribution in [0, 0.1) is 0 Å². The van der Waals surface area contributed by atoms with Crippen LogP contribution in [0.2, 0.25) is 0 Å². The maximum absolute atomic E-state index is 4.57. The zero-order valence-electron chi connectivity index (χ0n) is 8.36. The van der Waals surface area contributed by atoms with Crippen LogP contribution in [0.5, 0.6) is 0 Å². The summed E-state index contributed by atoms with van der Waals surface area (Å²) in [5, 5.41) is 3.56. The highest BCUT2D eigenvalue weighted by atomic mass is 32.1. The molecule has 1 aromatic heterocycles. The lowest BCUT2D eigenvalue weighted by Crippen LogP contribution is -1.78. The van der Waals surface area contributed by atoms with Crippen LogP contribution in [-0.2, 0) is 6.42 Å². The Kier molecular flexibility index (Phi) is 3.21. The number of aliphatic imine (C=N–C) groups is 1. The largest absolute Gasteiger partial charge is 0.241 e. The van der Waals surface area contributed by atoms with Gasteiger partial charge in [-0.3, -0.25) is 0 Å². The van der Waals surface area contributed by atoms with Gasteiger partial charge in [0.05, 0.1) is 26.1 Å². The highest BCUT2D eigenvalue weighted by Crippen LogP contribution is 2.26. The van der Waals surface area contributed by atoms with Crippen molar-refractivity contribution in [2.45, 2.75) is 19.8 Å². The lowest BCUT2D eigenvalue weighted by atomic mass is 10.3. The van der Waals surface area contributed by atoms with Crippen molar-refractivity contribution in [2.75, 3.05) is 0 Å². The van der Waals surface area contributed by atoms with Gasteiger partial charge in [0.25, 0.3) is 0 Å². The summed E-state index contributed by atoms with van der Waals surface area (Å²) in [6.45, 7) is 2.16. The topological polar surface area (TPSA) is 25.2 Å². The molecule has 0 N–H and O–H groups in total. The number of thiazole rings is 1. The van der Waals surface area contributed by atoms with Crippen LogP contribution in [0.3, 0.4) is 0 Å². The predicted octanol–water partition coefficient (Wildman–Crippen LogP) is 3.98.